The summed E-state index contributed by atoms with van der Waals surface area (Å²) in [5, 5.41) is 13.9. The summed E-state index contributed by atoms with van der Waals surface area (Å²) in [5.41, 5.74) is 2.87. The van der Waals surface area contributed by atoms with E-state index in [1.165, 1.54) is 43.2 Å². The fourth-order valence-corrected chi connectivity index (χ4v) is 4.92. The van der Waals surface area contributed by atoms with Crippen molar-refractivity contribution >= 4 is 0 Å². The van der Waals surface area contributed by atoms with Crippen molar-refractivity contribution in [2.45, 2.75) is 56.9 Å². The summed E-state index contributed by atoms with van der Waals surface area (Å²) in [7, 11) is 1.70. The molecule has 1 aromatic carbocycles. The van der Waals surface area contributed by atoms with Gasteiger partial charge in [0, 0.05) is 25.1 Å². The molecule has 2 aliphatic rings. The Morgan fingerprint density at radius 3 is 2.92 bits per heavy atom. The van der Waals surface area contributed by atoms with Gasteiger partial charge in [-0.05, 0) is 48.4 Å². The van der Waals surface area contributed by atoms with E-state index in [0.29, 0.717) is 30.9 Å². The lowest BCUT2D eigenvalue weighted by atomic mass is 9.59. The maximum absolute atomic E-state index is 10.1. The van der Waals surface area contributed by atoms with Crippen molar-refractivity contribution in [3.63, 3.8) is 0 Å². The fraction of sp³-hybridized carbons (Fsp3) is 0.714. The van der Waals surface area contributed by atoms with E-state index in [0.717, 1.165) is 19.6 Å². The predicted molar refractivity (Wildman–Crippen MR) is 100 cm³/mol. The smallest absolute Gasteiger partial charge is 0.115 e. The lowest BCUT2D eigenvalue weighted by Crippen LogP contribution is -2.55. The molecule has 1 aromatic rings. The Balaban J connectivity index is 1.75. The second-order valence-electron chi connectivity index (χ2n) is 7.86. The molecule has 3 atom stereocenters. The van der Waals surface area contributed by atoms with Crippen molar-refractivity contribution in [3.8, 4) is 5.75 Å². The Kier molecular flexibility index (Phi) is 6.37. The third-order valence-corrected chi connectivity index (χ3v) is 6.16. The summed E-state index contributed by atoms with van der Waals surface area (Å²) < 4.78 is 10.7. The Labute approximate surface area is 151 Å². The fourth-order valence-electron chi connectivity index (χ4n) is 4.92. The van der Waals surface area contributed by atoms with Gasteiger partial charge in [0.2, 0.25) is 0 Å². The highest BCUT2D eigenvalue weighted by molar-refractivity contribution is 5.44. The van der Waals surface area contributed by atoms with Crippen LogP contribution >= 0.6 is 0 Å². The molecule has 25 heavy (non-hydrogen) atoms. The zero-order valence-corrected chi connectivity index (χ0v) is 15.7. The molecule has 0 unspecified atom stereocenters. The van der Waals surface area contributed by atoms with Crippen molar-refractivity contribution < 1.29 is 14.6 Å². The standard InChI is InChI=1S/C21H33NO3/c1-21-9-5-3-4-6-17(14-16-7-8-18(23)15-19(16)21)20(21)22-10-11-25-13-12-24-2/h7-8,15,17,20,22-23H,3-6,9-14H2,1-2H3/t17-,20-,21+/m0/s1. The van der Waals surface area contributed by atoms with E-state index in [1.807, 2.05) is 12.1 Å². The number of phenols is 1. The molecular weight excluding hydrogens is 314 g/mol. The van der Waals surface area contributed by atoms with Gasteiger partial charge in [0.25, 0.3) is 0 Å². The molecule has 140 valence electrons. The average Bonchev–Trinajstić information content (AvgIpc) is 2.59. The van der Waals surface area contributed by atoms with Crippen molar-refractivity contribution in [2.75, 3.05) is 33.5 Å². The molecule has 1 fully saturated rings. The molecule has 0 aliphatic heterocycles. The van der Waals surface area contributed by atoms with Gasteiger partial charge in [-0.1, -0.05) is 32.3 Å². The third-order valence-electron chi connectivity index (χ3n) is 6.16. The van der Waals surface area contributed by atoms with Crippen molar-refractivity contribution in [2.24, 2.45) is 5.92 Å². The number of fused-ring (bicyclic) bond motifs is 4. The predicted octanol–water partition coefficient (Wildman–Crippen LogP) is 3.41. The largest absolute Gasteiger partial charge is 0.508 e. The molecule has 1 saturated carbocycles. The van der Waals surface area contributed by atoms with Crippen LogP contribution in [0.2, 0.25) is 0 Å². The maximum Gasteiger partial charge on any atom is 0.115 e. The van der Waals surface area contributed by atoms with Crippen LogP contribution < -0.4 is 5.32 Å². The van der Waals surface area contributed by atoms with E-state index in [-0.39, 0.29) is 5.41 Å². The highest BCUT2D eigenvalue weighted by Gasteiger charge is 2.45. The van der Waals surface area contributed by atoms with Crippen LogP contribution in [0.5, 0.6) is 5.75 Å². The lowest BCUT2D eigenvalue weighted by Gasteiger charge is -2.49. The van der Waals surface area contributed by atoms with Crippen LogP contribution in [0.3, 0.4) is 0 Å². The molecule has 2 N–H and O–H groups in total. The zero-order chi connectivity index (χ0) is 17.7. The van der Waals surface area contributed by atoms with Gasteiger partial charge in [-0.3, -0.25) is 0 Å². The number of ether oxygens (including phenoxy) is 2. The molecule has 0 aromatic heterocycles. The number of methoxy groups -OCH3 is 1. The third kappa shape index (κ3) is 4.18. The molecular formula is C21H33NO3. The Hall–Kier alpha value is -1.10. The van der Waals surface area contributed by atoms with Gasteiger partial charge in [-0.2, -0.15) is 0 Å². The summed E-state index contributed by atoms with van der Waals surface area (Å²) in [6, 6.07) is 6.45. The quantitative estimate of drug-likeness (QED) is 0.742. The van der Waals surface area contributed by atoms with E-state index < -0.39 is 0 Å². The molecule has 0 radical (unpaired) electrons. The van der Waals surface area contributed by atoms with E-state index in [1.54, 1.807) is 7.11 Å². The minimum absolute atomic E-state index is 0.0872. The van der Waals surface area contributed by atoms with Crippen LogP contribution in [0.1, 0.15) is 50.2 Å². The highest BCUT2D eigenvalue weighted by Crippen LogP contribution is 2.47. The first-order valence-electron chi connectivity index (χ1n) is 9.77. The maximum atomic E-state index is 10.1. The molecule has 0 spiro atoms. The van der Waals surface area contributed by atoms with Gasteiger partial charge < -0.3 is 19.9 Å². The van der Waals surface area contributed by atoms with Gasteiger partial charge in [-0.25, -0.2) is 0 Å². The van der Waals surface area contributed by atoms with Crippen LogP contribution in [-0.4, -0.2) is 44.6 Å². The lowest BCUT2D eigenvalue weighted by molar-refractivity contribution is 0.0662. The minimum Gasteiger partial charge on any atom is -0.508 e. The van der Waals surface area contributed by atoms with Gasteiger partial charge in [0.15, 0.2) is 0 Å². The highest BCUT2D eigenvalue weighted by atomic mass is 16.5. The normalized spacial score (nSPS) is 28.9. The van der Waals surface area contributed by atoms with E-state index in [9.17, 15) is 5.11 Å². The molecule has 4 heteroatoms. The second-order valence-corrected chi connectivity index (χ2v) is 7.86. The molecule has 4 nitrogen and oxygen atoms in total. The van der Waals surface area contributed by atoms with Crippen LogP contribution in [-0.2, 0) is 21.3 Å². The van der Waals surface area contributed by atoms with Gasteiger partial charge >= 0.3 is 0 Å². The molecule has 3 rings (SSSR count). The van der Waals surface area contributed by atoms with E-state index in [4.69, 9.17) is 9.47 Å². The second kappa shape index (κ2) is 8.52. The van der Waals surface area contributed by atoms with Gasteiger partial charge in [0.1, 0.15) is 5.75 Å². The van der Waals surface area contributed by atoms with Crippen LogP contribution in [0.4, 0.5) is 0 Å². The first-order chi connectivity index (χ1) is 12.1. The number of rotatable bonds is 7. The van der Waals surface area contributed by atoms with Crippen molar-refractivity contribution in [3.05, 3.63) is 29.3 Å². The van der Waals surface area contributed by atoms with E-state index in [2.05, 4.69) is 18.3 Å². The van der Waals surface area contributed by atoms with Crippen LogP contribution in [0, 0.1) is 5.92 Å². The molecule has 2 bridgehead atoms. The monoisotopic (exact) mass is 347 g/mol. The van der Waals surface area contributed by atoms with Crippen molar-refractivity contribution in [1.29, 1.82) is 0 Å². The van der Waals surface area contributed by atoms with Crippen LogP contribution in [0.15, 0.2) is 18.2 Å². The minimum atomic E-state index is 0.0872. The number of phenolic OH excluding ortho intramolecular Hbond substituents is 1. The number of hydrogen-bond donors (Lipinski definition) is 2. The van der Waals surface area contributed by atoms with Gasteiger partial charge in [0.05, 0.1) is 19.8 Å². The SMILES string of the molecule is COCCOCCN[C@H]1[C@H]2CCCCC[C@]1(C)c1cc(O)ccc1C2. The first kappa shape index (κ1) is 18.7. The Bertz CT molecular complexity index is 562. The summed E-state index contributed by atoms with van der Waals surface area (Å²) in [4.78, 5) is 0. The Morgan fingerprint density at radius 1 is 1.20 bits per heavy atom. The average molecular weight is 347 g/mol. The summed E-state index contributed by atoms with van der Waals surface area (Å²) in [6.07, 6.45) is 7.51. The zero-order valence-electron chi connectivity index (χ0n) is 15.7. The number of aromatic hydroxyl groups is 1. The first-order valence-corrected chi connectivity index (χ1v) is 9.77. The summed E-state index contributed by atoms with van der Waals surface area (Å²) in [6.45, 7) is 5.28. The topological polar surface area (TPSA) is 50.7 Å². The van der Waals surface area contributed by atoms with Crippen molar-refractivity contribution in [1.82, 2.24) is 5.32 Å². The number of hydrogen-bond acceptors (Lipinski definition) is 4. The number of nitrogens with one attached hydrogen (secondary N) is 1. The Morgan fingerprint density at radius 2 is 2.08 bits per heavy atom. The molecule has 0 heterocycles. The summed E-state index contributed by atoms with van der Waals surface area (Å²) in [5.74, 6) is 1.06. The number of benzene rings is 1. The molecule has 0 saturated heterocycles. The van der Waals surface area contributed by atoms with E-state index >= 15 is 0 Å². The van der Waals surface area contributed by atoms with Gasteiger partial charge in [-0.15, -0.1) is 0 Å². The summed E-state index contributed by atoms with van der Waals surface area (Å²) >= 11 is 0. The van der Waals surface area contributed by atoms with Crippen LogP contribution in [0.25, 0.3) is 0 Å². The molecule has 0 amide bonds. The molecule has 2 aliphatic carbocycles.